The molecule has 1 atom stereocenters. The van der Waals surface area contributed by atoms with Gasteiger partial charge >= 0.3 is 5.97 Å². The fraction of sp³-hybridized carbons (Fsp3) is 0.833. The van der Waals surface area contributed by atoms with Gasteiger partial charge in [0.1, 0.15) is 0 Å². The van der Waals surface area contributed by atoms with E-state index in [0.29, 0.717) is 6.54 Å². The van der Waals surface area contributed by atoms with Crippen molar-refractivity contribution in [1.29, 1.82) is 0 Å². The van der Waals surface area contributed by atoms with Gasteiger partial charge in [-0.05, 0) is 50.9 Å². The molecule has 0 aromatic heterocycles. The van der Waals surface area contributed by atoms with Gasteiger partial charge in [0, 0.05) is 19.0 Å². The average Bonchev–Trinajstić information content (AvgIpc) is 2.87. The number of nitrogens with zero attached hydrogens (tertiary/aromatic N) is 1. The summed E-state index contributed by atoms with van der Waals surface area (Å²) in [6, 6.07) is 0.281. The van der Waals surface area contributed by atoms with Crippen LogP contribution in [0.1, 0.15) is 64.7 Å². The number of aliphatic carboxylic acids is 1. The molecule has 0 aromatic rings. The first-order chi connectivity index (χ1) is 11.4. The van der Waals surface area contributed by atoms with Crippen molar-refractivity contribution in [2.45, 2.75) is 76.3 Å². The largest absolute Gasteiger partial charge is 0.481 e. The molecule has 3 rings (SSSR count). The maximum Gasteiger partial charge on any atom is 0.305 e. The van der Waals surface area contributed by atoms with E-state index in [1.807, 2.05) is 4.90 Å². The van der Waals surface area contributed by atoms with Gasteiger partial charge in [-0.25, -0.2) is 0 Å². The second kappa shape index (κ2) is 6.73. The molecule has 0 aromatic carbocycles. The van der Waals surface area contributed by atoms with E-state index in [1.54, 1.807) is 0 Å². The summed E-state index contributed by atoms with van der Waals surface area (Å²) < 4.78 is 0. The highest BCUT2D eigenvalue weighted by molar-refractivity contribution is 5.90. The summed E-state index contributed by atoms with van der Waals surface area (Å²) in [5, 5.41) is 12.0. The van der Waals surface area contributed by atoms with E-state index in [-0.39, 0.29) is 36.6 Å². The summed E-state index contributed by atoms with van der Waals surface area (Å²) in [7, 11) is 0. The number of carbonyl (C=O) groups excluding carboxylic acids is 2. The average molecular weight is 336 g/mol. The zero-order chi connectivity index (χ0) is 17.3. The van der Waals surface area contributed by atoms with E-state index in [4.69, 9.17) is 5.11 Å². The molecule has 6 nitrogen and oxygen atoms in total. The van der Waals surface area contributed by atoms with Crippen LogP contribution in [-0.4, -0.2) is 45.9 Å². The third kappa shape index (κ3) is 3.57. The van der Waals surface area contributed by atoms with E-state index < -0.39 is 11.5 Å². The molecule has 1 unspecified atom stereocenters. The Balaban J connectivity index is 1.57. The molecule has 2 saturated carbocycles. The van der Waals surface area contributed by atoms with Crippen LogP contribution in [0.4, 0.5) is 0 Å². The van der Waals surface area contributed by atoms with E-state index in [2.05, 4.69) is 12.2 Å². The number of hydrogen-bond acceptors (Lipinski definition) is 3. The maximum absolute atomic E-state index is 12.6. The van der Waals surface area contributed by atoms with Crippen LogP contribution in [0.25, 0.3) is 0 Å². The molecule has 6 heteroatoms. The normalized spacial score (nSPS) is 32.3. The van der Waals surface area contributed by atoms with Crippen molar-refractivity contribution in [3.63, 3.8) is 0 Å². The Bertz CT molecular complexity index is 521. The molecular weight excluding hydrogens is 308 g/mol. The highest BCUT2D eigenvalue weighted by Crippen LogP contribution is 2.36. The van der Waals surface area contributed by atoms with Gasteiger partial charge in [0.05, 0.1) is 17.9 Å². The van der Waals surface area contributed by atoms with Crippen LogP contribution in [0.5, 0.6) is 0 Å². The molecule has 1 saturated heterocycles. The molecule has 1 heterocycles. The first kappa shape index (κ1) is 17.2. The Morgan fingerprint density at radius 2 is 1.92 bits per heavy atom. The minimum atomic E-state index is -0.879. The van der Waals surface area contributed by atoms with E-state index in [1.165, 1.54) is 0 Å². The third-order valence-electron chi connectivity index (χ3n) is 6.14. The highest BCUT2D eigenvalue weighted by atomic mass is 16.4. The first-order valence-corrected chi connectivity index (χ1v) is 9.22. The summed E-state index contributed by atoms with van der Waals surface area (Å²) in [5.41, 5.74) is -0.584. The Morgan fingerprint density at radius 3 is 2.46 bits per heavy atom. The summed E-state index contributed by atoms with van der Waals surface area (Å²) in [4.78, 5) is 37.9. The number of hydrogen-bond donors (Lipinski definition) is 2. The molecule has 2 N–H and O–H groups in total. The van der Waals surface area contributed by atoms with Crippen molar-refractivity contribution in [2.75, 3.05) is 6.54 Å². The maximum atomic E-state index is 12.6. The fourth-order valence-electron chi connectivity index (χ4n) is 4.42. The van der Waals surface area contributed by atoms with E-state index in [0.717, 1.165) is 50.9 Å². The molecule has 134 valence electrons. The van der Waals surface area contributed by atoms with Gasteiger partial charge < -0.3 is 15.3 Å². The van der Waals surface area contributed by atoms with Gasteiger partial charge in [-0.3, -0.25) is 14.4 Å². The lowest BCUT2D eigenvalue weighted by Gasteiger charge is -2.42. The van der Waals surface area contributed by atoms with Crippen molar-refractivity contribution >= 4 is 17.8 Å². The van der Waals surface area contributed by atoms with Crippen LogP contribution in [0.2, 0.25) is 0 Å². The highest BCUT2D eigenvalue weighted by Gasteiger charge is 2.44. The quantitative estimate of drug-likeness (QED) is 0.803. The predicted octanol–water partition coefficient (Wildman–Crippen LogP) is 1.93. The Morgan fingerprint density at radius 1 is 1.25 bits per heavy atom. The number of carbonyl (C=O) groups is 3. The molecule has 1 aliphatic heterocycles. The van der Waals surface area contributed by atoms with Gasteiger partial charge in [0.25, 0.3) is 0 Å². The lowest BCUT2D eigenvalue weighted by Crippen LogP contribution is -2.56. The molecule has 3 aliphatic rings. The van der Waals surface area contributed by atoms with Crippen LogP contribution in [0.3, 0.4) is 0 Å². The first-order valence-electron chi connectivity index (χ1n) is 9.22. The van der Waals surface area contributed by atoms with Crippen LogP contribution in [0.15, 0.2) is 0 Å². The van der Waals surface area contributed by atoms with Crippen LogP contribution in [-0.2, 0) is 14.4 Å². The second-order valence-electron chi connectivity index (χ2n) is 8.05. The third-order valence-corrected chi connectivity index (χ3v) is 6.14. The van der Waals surface area contributed by atoms with Gasteiger partial charge in [0.2, 0.25) is 11.8 Å². The number of nitrogens with one attached hydrogen (secondary N) is 1. The van der Waals surface area contributed by atoms with Gasteiger partial charge in [-0.15, -0.1) is 0 Å². The lowest BCUT2D eigenvalue weighted by atomic mass is 9.74. The Kier molecular flexibility index (Phi) is 4.83. The summed E-state index contributed by atoms with van der Waals surface area (Å²) in [6.07, 6.45) is 6.98. The zero-order valence-corrected chi connectivity index (χ0v) is 14.4. The van der Waals surface area contributed by atoms with Crippen molar-refractivity contribution in [2.24, 2.45) is 11.8 Å². The van der Waals surface area contributed by atoms with Crippen molar-refractivity contribution in [3.05, 3.63) is 0 Å². The zero-order valence-electron chi connectivity index (χ0n) is 14.4. The number of amides is 2. The number of likely N-dealkylation sites (tertiary alicyclic amines) is 1. The minimum absolute atomic E-state index is 0.0242. The Hall–Kier alpha value is -1.59. The molecule has 0 spiro atoms. The molecule has 0 radical (unpaired) electrons. The molecular formula is C18H28N2O4. The molecule has 3 fully saturated rings. The molecule has 2 aliphatic carbocycles. The van der Waals surface area contributed by atoms with Gasteiger partial charge in [-0.1, -0.05) is 6.92 Å². The topological polar surface area (TPSA) is 86.7 Å². The lowest BCUT2D eigenvalue weighted by molar-refractivity contribution is -0.141. The number of carboxylic acids is 1. The monoisotopic (exact) mass is 336 g/mol. The predicted molar refractivity (Wildman–Crippen MR) is 88.2 cm³/mol. The van der Waals surface area contributed by atoms with Crippen LogP contribution >= 0.6 is 0 Å². The number of carboxylic acid groups (broad SMARTS) is 1. The molecule has 24 heavy (non-hydrogen) atoms. The standard InChI is InChI=1S/C18H28N2O4/c1-12-3-5-14(6-4-12)20-11-13(9-15(20)21)17(24)19-18(7-2-8-18)10-16(22)23/h12-14H,2-11H2,1H3,(H,19,24)(H,22,23). The SMILES string of the molecule is CC1CCC(N2CC(C(=O)NC3(CC(=O)O)CCC3)CC2=O)CC1. The van der Waals surface area contributed by atoms with E-state index >= 15 is 0 Å². The molecule has 0 bridgehead atoms. The smallest absolute Gasteiger partial charge is 0.305 e. The van der Waals surface area contributed by atoms with Crippen LogP contribution in [0, 0.1) is 11.8 Å². The van der Waals surface area contributed by atoms with Crippen LogP contribution < -0.4 is 5.32 Å². The molecule has 2 amide bonds. The fourth-order valence-corrected chi connectivity index (χ4v) is 4.42. The van der Waals surface area contributed by atoms with Gasteiger partial charge in [0.15, 0.2) is 0 Å². The van der Waals surface area contributed by atoms with Crippen molar-refractivity contribution < 1.29 is 19.5 Å². The summed E-state index contributed by atoms with van der Waals surface area (Å²) in [5.74, 6) is -0.544. The number of rotatable bonds is 5. The Labute approximate surface area is 143 Å². The van der Waals surface area contributed by atoms with Gasteiger partial charge in [-0.2, -0.15) is 0 Å². The van der Waals surface area contributed by atoms with Crippen molar-refractivity contribution in [1.82, 2.24) is 10.2 Å². The van der Waals surface area contributed by atoms with Crippen molar-refractivity contribution in [3.8, 4) is 0 Å². The summed E-state index contributed by atoms with van der Waals surface area (Å²) in [6.45, 7) is 2.74. The summed E-state index contributed by atoms with van der Waals surface area (Å²) >= 11 is 0. The van der Waals surface area contributed by atoms with E-state index in [9.17, 15) is 14.4 Å². The second-order valence-corrected chi connectivity index (χ2v) is 8.05. The minimum Gasteiger partial charge on any atom is -0.481 e.